The van der Waals surface area contributed by atoms with Crippen molar-refractivity contribution in [3.8, 4) is 0 Å². The lowest BCUT2D eigenvalue weighted by Gasteiger charge is -2.16. The van der Waals surface area contributed by atoms with Crippen molar-refractivity contribution in [2.45, 2.75) is 32.0 Å². The Labute approximate surface area is 106 Å². The van der Waals surface area contributed by atoms with Crippen molar-refractivity contribution in [3.05, 3.63) is 42.4 Å². The first kappa shape index (κ1) is 12.9. The lowest BCUT2D eigenvalue weighted by atomic mass is 10.1. The number of aliphatic hydroxyl groups excluding tert-OH is 1. The van der Waals surface area contributed by atoms with Crippen LogP contribution in [0, 0.1) is 0 Å². The molecule has 2 rings (SSSR count). The monoisotopic (exact) mass is 249 g/mol. The summed E-state index contributed by atoms with van der Waals surface area (Å²) in [5.74, 6) is 1.59. The van der Waals surface area contributed by atoms with E-state index >= 15 is 0 Å². The van der Waals surface area contributed by atoms with Crippen molar-refractivity contribution in [3.63, 3.8) is 0 Å². The molecule has 2 heterocycles. The van der Waals surface area contributed by atoms with Gasteiger partial charge in [0.2, 0.25) is 0 Å². The van der Waals surface area contributed by atoms with E-state index in [1.807, 2.05) is 24.7 Å². The van der Waals surface area contributed by atoms with Crippen LogP contribution in [0.15, 0.2) is 35.2 Å². The molecule has 0 amide bonds. The third-order valence-corrected chi connectivity index (χ3v) is 2.98. The molecule has 0 fully saturated rings. The van der Waals surface area contributed by atoms with E-state index < -0.39 is 6.10 Å². The van der Waals surface area contributed by atoms with Crippen molar-refractivity contribution in [1.82, 2.24) is 14.9 Å². The zero-order chi connectivity index (χ0) is 13.0. The summed E-state index contributed by atoms with van der Waals surface area (Å²) in [6.07, 6.45) is 5.31. The zero-order valence-corrected chi connectivity index (χ0v) is 10.7. The van der Waals surface area contributed by atoms with E-state index in [2.05, 4.69) is 10.3 Å². The standard InChI is InChI=1S/C13H19N3O2/c1-10(8-11(17)12-4-3-7-18-12)15-9-13-14-5-6-16(13)2/h3-7,10-11,15,17H,8-9H2,1-2H3/t10-,11-/m1/s1. The van der Waals surface area contributed by atoms with Gasteiger partial charge in [0.1, 0.15) is 17.7 Å². The first-order valence-electron chi connectivity index (χ1n) is 6.08. The molecular weight excluding hydrogens is 230 g/mol. The van der Waals surface area contributed by atoms with Gasteiger partial charge in [0.25, 0.3) is 0 Å². The molecule has 0 aliphatic heterocycles. The molecule has 18 heavy (non-hydrogen) atoms. The van der Waals surface area contributed by atoms with Gasteiger partial charge >= 0.3 is 0 Å². The number of hydrogen-bond donors (Lipinski definition) is 2. The quantitative estimate of drug-likeness (QED) is 0.816. The van der Waals surface area contributed by atoms with Crippen molar-refractivity contribution in [1.29, 1.82) is 0 Å². The number of aryl methyl sites for hydroxylation is 1. The maximum atomic E-state index is 9.94. The molecule has 2 N–H and O–H groups in total. The number of hydrogen-bond acceptors (Lipinski definition) is 4. The van der Waals surface area contributed by atoms with Crippen LogP contribution in [0.5, 0.6) is 0 Å². The summed E-state index contributed by atoms with van der Waals surface area (Å²) in [5.41, 5.74) is 0. The van der Waals surface area contributed by atoms with Crippen LogP contribution in [0.4, 0.5) is 0 Å². The summed E-state index contributed by atoms with van der Waals surface area (Å²) in [6, 6.07) is 3.75. The summed E-state index contributed by atoms with van der Waals surface area (Å²) < 4.78 is 7.15. The highest BCUT2D eigenvalue weighted by Crippen LogP contribution is 2.18. The summed E-state index contributed by atoms with van der Waals surface area (Å²) in [6.45, 7) is 2.73. The highest BCUT2D eigenvalue weighted by atomic mass is 16.4. The summed E-state index contributed by atoms with van der Waals surface area (Å²) >= 11 is 0. The number of imidazole rings is 1. The van der Waals surface area contributed by atoms with E-state index in [-0.39, 0.29) is 6.04 Å². The van der Waals surface area contributed by atoms with Crippen molar-refractivity contribution < 1.29 is 9.52 Å². The van der Waals surface area contributed by atoms with Gasteiger partial charge in [-0.05, 0) is 25.5 Å². The van der Waals surface area contributed by atoms with E-state index in [0.717, 1.165) is 5.82 Å². The minimum atomic E-state index is -0.566. The molecule has 0 bridgehead atoms. The SMILES string of the molecule is C[C@H](C[C@@H](O)c1ccco1)NCc1nccn1C. The first-order chi connectivity index (χ1) is 8.66. The lowest BCUT2D eigenvalue weighted by Crippen LogP contribution is -2.28. The number of aromatic nitrogens is 2. The minimum Gasteiger partial charge on any atom is -0.467 e. The smallest absolute Gasteiger partial charge is 0.132 e. The Bertz CT molecular complexity index is 464. The van der Waals surface area contributed by atoms with Gasteiger partial charge in [-0.2, -0.15) is 0 Å². The first-order valence-corrected chi connectivity index (χ1v) is 6.08. The van der Waals surface area contributed by atoms with E-state index in [1.54, 1.807) is 24.6 Å². The predicted molar refractivity (Wildman–Crippen MR) is 67.8 cm³/mol. The maximum Gasteiger partial charge on any atom is 0.132 e. The van der Waals surface area contributed by atoms with Gasteiger partial charge in [-0.1, -0.05) is 0 Å². The number of rotatable bonds is 6. The highest BCUT2D eigenvalue weighted by Gasteiger charge is 2.14. The van der Waals surface area contributed by atoms with Crippen LogP contribution in [0.2, 0.25) is 0 Å². The fraction of sp³-hybridized carbons (Fsp3) is 0.462. The molecule has 0 aliphatic carbocycles. The van der Waals surface area contributed by atoms with E-state index in [9.17, 15) is 5.11 Å². The Morgan fingerprint density at radius 2 is 2.39 bits per heavy atom. The average molecular weight is 249 g/mol. The second kappa shape index (κ2) is 5.84. The third-order valence-electron chi connectivity index (χ3n) is 2.98. The molecule has 0 spiro atoms. The van der Waals surface area contributed by atoms with Crippen LogP contribution >= 0.6 is 0 Å². The maximum absolute atomic E-state index is 9.94. The molecule has 0 saturated heterocycles. The second-order valence-corrected chi connectivity index (χ2v) is 4.50. The van der Waals surface area contributed by atoms with Gasteiger partial charge in [0.05, 0.1) is 12.8 Å². The Balaban J connectivity index is 1.79. The number of nitrogens with zero attached hydrogens (tertiary/aromatic N) is 2. The molecule has 98 valence electrons. The van der Waals surface area contributed by atoms with E-state index in [1.165, 1.54) is 0 Å². The van der Waals surface area contributed by atoms with Crippen LogP contribution in [0.1, 0.15) is 31.0 Å². The minimum absolute atomic E-state index is 0.182. The fourth-order valence-electron chi connectivity index (χ4n) is 1.85. The molecule has 0 radical (unpaired) electrons. The number of aliphatic hydroxyl groups is 1. The zero-order valence-electron chi connectivity index (χ0n) is 10.7. The predicted octanol–water partition coefficient (Wildman–Crippen LogP) is 1.61. The summed E-state index contributed by atoms with van der Waals surface area (Å²) in [4.78, 5) is 4.24. The van der Waals surface area contributed by atoms with Crippen molar-refractivity contribution in [2.24, 2.45) is 7.05 Å². The molecule has 5 nitrogen and oxygen atoms in total. The van der Waals surface area contributed by atoms with Gasteiger partial charge in [-0.15, -0.1) is 0 Å². The lowest BCUT2D eigenvalue weighted by molar-refractivity contribution is 0.128. The van der Waals surface area contributed by atoms with Crippen LogP contribution in [0.25, 0.3) is 0 Å². The second-order valence-electron chi connectivity index (χ2n) is 4.50. The summed E-state index contributed by atoms with van der Waals surface area (Å²) in [7, 11) is 1.96. The van der Waals surface area contributed by atoms with Crippen LogP contribution in [-0.4, -0.2) is 20.7 Å². The van der Waals surface area contributed by atoms with Gasteiger partial charge in [0, 0.05) is 25.5 Å². The molecule has 5 heteroatoms. The number of nitrogens with one attached hydrogen (secondary N) is 1. The molecule has 2 atom stereocenters. The van der Waals surface area contributed by atoms with Crippen LogP contribution in [-0.2, 0) is 13.6 Å². The largest absolute Gasteiger partial charge is 0.467 e. The fourth-order valence-corrected chi connectivity index (χ4v) is 1.85. The Morgan fingerprint density at radius 3 is 3.00 bits per heavy atom. The van der Waals surface area contributed by atoms with Crippen molar-refractivity contribution >= 4 is 0 Å². The Kier molecular flexibility index (Phi) is 4.17. The van der Waals surface area contributed by atoms with Gasteiger partial charge < -0.3 is 19.4 Å². The normalized spacial score (nSPS) is 14.6. The van der Waals surface area contributed by atoms with Gasteiger partial charge in [-0.25, -0.2) is 4.98 Å². The van der Waals surface area contributed by atoms with Crippen LogP contribution in [0.3, 0.4) is 0 Å². The van der Waals surface area contributed by atoms with Gasteiger partial charge in [0.15, 0.2) is 0 Å². The number of furan rings is 1. The van der Waals surface area contributed by atoms with E-state index in [4.69, 9.17) is 4.42 Å². The molecule has 0 aromatic carbocycles. The average Bonchev–Trinajstić information content (AvgIpc) is 2.97. The Morgan fingerprint density at radius 1 is 1.56 bits per heavy atom. The molecule has 0 unspecified atom stereocenters. The Hall–Kier alpha value is -1.59. The van der Waals surface area contributed by atoms with Crippen LogP contribution < -0.4 is 5.32 Å². The van der Waals surface area contributed by atoms with E-state index in [0.29, 0.717) is 18.7 Å². The molecule has 2 aromatic rings. The summed E-state index contributed by atoms with van der Waals surface area (Å²) in [5, 5.41) is 13.3. The van der Waals surface area contributed by atoms with Gasteiger partial charge in [-0.3, -0.25) is 0 Å². The third kappa shape index (κ3) is 3.21. The molecular formula is C13H19N3O2. The molecule has 0 saturated carbocycles. The topological polar surface area (TPSA) is 63.2 Å². The highest BCUT2D eigenvalue weighted by molar-refractivity contribution is 5.02. The molecule has 0 aliphatic rings. The van der Waals surface area contributed by atoms with Crippen molar-refractivity contribution in [2.75, 3.05) is 0 Å². The molecule has 2 aromatic heterocycles.